The molecule has 0 radical (unpaired) electrons. The monoisotopic (exact) mass is 442 g/mol. The molecule has 1 aliphatic rings. The van der Waals surface area contributed by atoms with Crippen LogP contribution in [0.25, 0.3) is 0 Å². The SMILES string of the molecule is COc1ccc(C(=O)NC2(C)C(=O)N(c3ccc(OC)cc3)C=CC2c2ccccc2)cc1. The Morgan fingerprint density at radius 2 is 1.45 bits per heavy atom. The number of carbonyl (C=O) groups excluding carboxylic acids is 2. The molecular formula is C27H26N2O4. The third-order valence-corrected chi connectivity index (χ3v) is 5.95. The quantitative estimate of drug-likeness (QED) is 0.609. The van der Waals surface area contributed by atoms with Crippen LogP contribution in [0.15, 0.2) is 91.1 Å². The van der Waals surface area contributed by atoms with Crippen molar-refractivity contribution in [1.82, 2.24) is 5.32 Å². The number of hydrogen-bond donors (Lipinski definition) is 1. The summed E-state index contributed by atoms with van der Waals surface area (Å²) in [4.78, 5) is 28.6. The summed E-state index contributed by atoms with van der Waals surface area (Å²) in [5, 5.41) is 3.02. The van der Waals surface area contributed by atoms with Crippen molar-refractivity contribution in [2.75, 3.05) is 19.1 Å². The minimum absolute atomic E-state index is 0.231. The molecule has 0 aliphatic carbocycles. The molecule has 0 fully saturated rings. The normalized spacial score (nSPS) is 19.8. The predicted octanol–water partition coefficient (Wildman–Crippen LogP) is 4.54. The number of nitrogens with zero attached hydrogens (tertiary/aromatic N) is 1. The van der Waals surface area contributed by atoms with Gasteiger partial charge in [-0.25, -0.2) is 0 Å². The average Bonchev–Trinajstić information content (AvgIpc) is 2.86. The van der Waals surface area contributed by atoms with Gasteiger partial charge in [-0.2, -0.15) is 0 Å². The van der Waals surface area contributed by atoms with Crippen molar-refractivity contribution in [3.63, 3.8) is 0 Å². The van der Waals surface area contributed by atoms with Crippen molar-refractivity contribution in [3.05, 3.63) is 102 Å². The van der Waals surface area contributed by atoms with Gasteiger partial charge in [0.25, 0.3) is 11.8 Å². The Hall–Kier alpha value is -4.06. The summed E-state index contributed by atoms with van der Waals surface area (Å²) in [6.07, 6.45) is 3.72. The van der Waals surface area contributed by atoms with E-state index in [2.05, 4.69) is 5.32 Å². The first kappa shape index (κ1) is 22.1. The maximum Gasteiger partial charge on any atom is 0.257 e. The maximum absolute atomic E-state index is 13.9. The van der Waals surface area contributed by atoms with Gasteiger partial charge in [0.2, 0.25) is 0 Å². The lowest BCUT2D eigenvalue weighted by Gasteiger charge is -2.42. The molecule has 0 aromatic heterocycles. The van der Waals surface area contributed by atoms with Gasteiger partial charge < -0.3 is 14.8 Å². The van der Waals surface area contributed by atoms with E-state index >= 15 is 0 Å². The molecule has 0 spiro atoms. The summed E-state index contributed by atoms with van der Waals surface area (Å²) in [6.45, 7) is 1.77. The number of anilines is 1. The van der Waals surface area contributed by atoms with Gasteiger partial charge in [0.15, 0.2) is 0 Å². The Labute approximate surface area is 193 Å². The molecule has 3 aromatic rings. The number of carbonyl (C=O) groups is 2. The highest BCUT2D eigenvalue weighted by atomic mass is 16.5. The molecule has 33 heavy (non-hydrogen) atoms. The molecule has 6 nitrogen and oxygen atoms in total. The van der Waals surface area contributed by atoms with E-state index < -0.39 is 5.54 Å². The van der Waals surface area contributed by atoms with Crippen LogP contribution in [0, 0.1) is 0 Å². The summed E-state index contributed by atoms with van der Waals surface area (Å²) < 4.78 is 10.4. The molecule has 2 unspecified atom stereocenters. The van der Waals surface area contributed by atoms with Crippen molar-refractivity contribution in [2.24, 2.45) is 0 Å². The second-order valence-corrected chi connectivity index (χ2v) is 7.99. The van der Waals surface area contributed by atoms with Crippen LogP contribution in [0.5, 0.6) is 11.5 Å². The molecule has 6 heteroatoms. The molecular weight excluding hydrogens is 416 g/mol. The van der Waals surface area contributed by atoms with Gasteiger partial charge >= 0.3 is 0 Å². The highest BCUT2D eigenvalue weighted by Gasteiger charge is 2.47. The van der Waals surface area contributed by atoms with E-state index in [1.54, 1.807) is 68.6 Å². The molecule has 4 rings (SSSR count). The number of rotatable bonds is 6. The van der Waals surface area contributed by atoms with E-state index in [-0.39, 0.29) is 17.7 Å². The van der Waals surface area contributed by atoms with E-state index in [0.717, 1.165) is 5.56 Å². The zero-order valence-corrected chi connectivity index (χ0v) is 18.8. The second kappa shape index (κ2) is 9.20. The van der Waals surface area contributed by atoms with E-state index in [9.17, 15) is 9.59 Å². The Morgan fingerprint density at radius 1 is 0.879 bits per heavy atom. The van der Waals surface area contributed by atoms with Crippen molar-refractivity contribution < 1.29 is 19.1 Å². The minimum atomic E-state index is -1.22. The van der Waals surface area contributed by atoms with E-state index in [4.69, 9.17) is 9.47 Å². The lowest BCUT2D eigenvalue weighted by molar-refractivity contribution is -0.124. The standard InChI is InChI=1S/C27H26N2O4/c1-27(28-25(30)20-9-13-22(32-2)14-10-20)24(19-7-5-4-6-8-19)17-18-29(26(27)31)21-11-15-23(33-3)16-12-21/h4-18,24H,1-3H3,(H,28,30). The lowest BCUT2D eigenvalue weighted by Crippen LogP contribution is -2.61. The van der Waals surface area contributed by atoms with Crippen LogP contribution < -0.4 is 19.7 Å². The molecule has 2 amide bonds. The highest BCUT2D eigenvalue weighted by molar-refractivity contribution is 6.07. The molecule has 1 N–H and O–H groups in total. The van der Waals surface area contributed by atoms with E-state index in [1.165, 1.54) is 0 Å². The van der Waals surface area contributed by atoms with Crippen LogP contribution in [-0.2, 0) is 4.79 Å². The second-order valence-electron chi connectivity index (χ2n) is 7.99. The zero-order chi connectivity index (χ0) is 23.4. The van der Waals surface area contributed by atoms with Crippen LogP contribution >= 0.6 is 0 Å². The molecule has 168 valence electrons. The fraction of sp³-hybridized carbons (Fsp3) is 0.185. The van der Waals surface area contributed by atoms with Gasteiger partial charge in [0, 0.05) is 23.4 Å². The summed E-state index contributed by atoms with van der Waals surface area (Å²) in [7, 11) is 3.17. The molecule has 0 saturated heterocycles. The van der Waals surface area contributed by atoms with Gasteiger partial charge in [-0.15, -0.1) is 0 Å². The van der Waals surface area contributed by atoms with Crippen LogP contribution in [0.3, 0.4) is 0 Å². The average molecular weight is 443 g/mol. The van der Waals surface area contributed by atoms with Crippen LogP contribution in [0.4, 0.5) is 5.69 Å². The molecule has 3 aromatic carbocycles. The molecule has 1 heterocycles. The summed E-state index contributed by atoms with van der Waals surface area (Å²) in [5.41, 5.74) is 0.859. The molecule has 0 saturated carbocycles. The van der Waals surface area contributed by atoms with Gasteiger partial charge in [-0.05, 0) is 61.0 Å². The third-order valence-electron chi connectivity index (χ3n) is 5.95. The first-order valence-electron chi connectivity index (χ1n) is 10.6. The van der Waals surface area contributed by atoms with Gasteiger partial charge in [-0.3, -0.25) is 14.5 Å². The lowest BCUT2D eigenvalue weighted by atomic mass is 9.77. The Balaban J connectivity index is 1.71. The van der Waals surface area contributed by atoms with Crippen molar-refractivity contribution in [1.29, 1.82) is 0 Å². The first-order valence-corrected chi connectivity index (χ1v) is 10.6. The topological polar surface area (TPSA) is 67.9 Å². The van der Waals surface area contributed by atoms with Crippen LogP contribution in [0.2, 0.25) is 0 Å². The molecule has 0 bridgehead atoms. The molecule has 2 atom stereocenters. The van der Waals surface area contributed by atoms with Gasteiger partial charge in [-0.1, -0.05) is 36.4 Å². The van der Waals surface area contributed by atoms with Crippen molar-refractivity contribution in [2.45, 2.75) is 18.4 Å². The minimum Gasteiger partial charge on any atom is -0.497 e. The number of ether oxygens (including phenoxy) is 2. The summed E-state index contributed by atoms with van der Waals surface area (Å²) in [5.74, 6) is 0.445. The van der Waals surface area contributed by atoms with Crippen molar-refractivity contribution >= 4 is 17.5 Å². The number of hydrogen-bond acceptors (Lipinski definition) is 4. The smallest absolute Gasteiger partial charge is 0.257 e. The number of methoxy groups -OCH3 is 2. The Morgan fingerprint density at radius 3 is 2.03 bits per heavy atom. The summed E-state index contributed by atoms with van der Waals surface area (Å²) >= 11 is 0. The number of nitrogens with one attached hydrogen (secondary N) is 1. The van der Waals surface area contributed by atoms with E-state index in [1.807, 2.05) is 48.5 Å². The van der Waals surface area contributed by atoms with Gasteiger partial charge in [0.05, 0.1) is 14.2 Å². The Kier molecular flexibility index (Phi) is 6.18. The third kappa shape index (κ3) is 4.32. The number of benzene rings is 3. The predicted molar refractivity (Wildman–Crippen MR) is 128 cm³/mol. The fourth-order valence-corrected chi connectivity index (χ4v) is 4.05. The van der Waals surface area contributed by atoms with Crippen LogP contribution in [-0.4, -0.2) is 31.6 Å². The van der Waals surface area contributed by atoms with Crippen LogP contribution in [0.1, 0.15) is 28.8 Å². The first-order chi connectivity index (χ1) is 16.0. The maximum atomic E-state index is 13.9. The highest BCUT2D eigenvalue weighted by Crippen LogP contribution is 2.37. The van der Waals surface area contributed by atoms with Crippen molar-refractivity contribution in [3.8, 4) is 11.5 Å². The van der Waals surface area contributed by atoms with E-state index in [0.29, 0.717) is 22.7 Å². The zero-order valence-electron chi connectivity index (χ0n) is 18.8. The molecule has 1 aliphatic heterocycles. The number of amides is 2. The summed E-state index contributed by atoms with van der Waals surface area (Å²) in [6, 6.07) is 23.7. The Bertz CT molecular complexity index is 1160. The van der Waals surface area contributed by atoms with Gasteiger partial charge in [0.1, 0.15) is 17.0 Å². The fourth-order valence-electron chi connectivity index (χ4n) is 4.05. The largest absolute Gasteiger partial charge is 0.497 e.